The van der Waals surface area contributed by atoms with Crippen molar-refractivity contribution in [2.75, 3.05) is 13.7 Å². The van der Waals surface area contributed by atoms with Gasteiger partial charge in [0, 0.05) is 17.1 Å². The van der Waals surface area contributed by atoms with E-state index in [1.165, 1.54) is 12.0 Å². The van der Waals surface area contributed by atoms with E-state index in [0.29, 0.717) is 0 Å². The molecule has 0 aromatic heterocycles. The minimum absolute atomic E-state index is 0.00351. The van der Waals surface area contributed by atoms with E-state index in [4.69, 9.17) is 15.2 Å². The lowest BCUT2D eigenvalue weighted by molar-refractivity contribution is -0.0808. The maximum absolute atomic E-state index is 6.39. The Hall–Kier alpha value is -0.580. The van der Waals surface area contributed by atoms with Crippen LogP contribution in [0.4, 0.5) is 0 Å². The van der Waals surface area contributed by atoms with E-state index >= 15 is 0 Å². The molecular weight excluding hydrogens is 306 g/mol. The predicted octanol–water partition coefficient (Wildman–Crippen LogP) is 3.29. The van der Waals surface area contributed by atoms with E-state index in [2.05, 4.69) is 22.9 Å². The fourth-order valence-corrected chi connectivity index (χ4v) is 2.94. The second-order valence-electron chi connectivity index (χ2n) is 5.39. The number of ether oxygens (including phenoxy) is 2. The number of benzene rings is 1. The lowest BCUT2D eigenvalue weighted by Gasteiger charge is -2.39. The number of halogens is 1. The summed E-state index contributed by atoms with van der Waals surface area (Å²) in [5, 5.41) is 0. The number of rotatable bonds is 4. The number of hydrogen-bond acceptors (Lipinski definition) is 3. The molecule has 106 valence electrons. The molecule has 0 amide bonds. The van der Waals surface area contributed by atoms with Gasteiger partial charge >= 0.3 is 0 Å². The number of nitrogens with two attached hydrogens (primary N) is 1. The Labute approximate surface area is 123 Å². The summed E-state index contributed by atoms with van der Waals surface area (Å²) in [5.41, 5.74) is 7.35. The van der Waals surface area contributed by atoms with E-state index < -0.39 is 0 Å². The van der Waals surface area contributed by atoms with Gasteiger partial charge in [0.05, 0.1) is 12.7 Å². The first-order chi connectivity index (χ1) is 9.05. The van der Waals surface area contributed by atoms with E-state index in [-0.39, 0.29) is 11.6 Å². The molecule has 1 saturated heterocycles. The van der Waals surface area contributed by atoms with Gasteiger partial charge in [0.1, 0.15) is 5.75 Å². The van der Waals surface area contributed by atoms with E-state index in [1.54, 1.807) is 7.11 Å². The highest BCUT2D eigenvalue weighted by atomic mass is 79.9. The molecule has 19 heavy (non-hydrogen) atoms. The summed E-state index contributed by atoms with van der Waals surface area (Å²) in [6.45, 7) is 2.95. The van der Waals surface area contributed by atoms with Crippen molar-refractivity contribution in [3.05, 3.63) is 28.2 Å². The molecule has 1 aromatic rings. The Morgan fingerprint density at radius 2 is 2.26 bits per heavy atom. The molecule has 2 N–H and O–H groups in total. The third-order valence-electron chi connectivity index (χ3n) is 3.98. The van der Waals surface area contributed by atoms with Crippen molar-refractivity contribution < 1.29 is 9.47 Å². The van der Waals surface area contributed by atoms with Gasteiger partial charge in [-0.3, -0.25) is 0 Å². The molecule has 3 nitrogen and oxygen atoms in total. The van der Waals surface area contributed by atoms with Gasteiger partial charge in [-0.2, -0.15) is 0 Å². The summed E-state index contributed by atoms with van der Waals surface area (Å²) < 4.78 is 12.3. The van der Waals surface area contributed by atoms with Crippen LogP contribution in [0.1, 0.15) is 31.7 Å². The van der Waals surface area contributed by atoms with Crippen LogP contribution >= 0.6 is 15.9 Å². The van der Waals surface area contributed by atoms with E-state index in [1.807, 2.05) is 18.2 Å². The number of methoxy groups -OCH3 is 1. The average molecular weight is 328 g/mol. The van der Waals surface area contributed by atoms with Crippen molar-refractivity contribution in [3.63, 3.8) is 0 Å². The van der Waals surface area contributed by atoms with E-state index in [0.717, 1.165) is 36.1 Å². The normalized spacial score (nSPS) is 25.1. The first-order valence-electron chi connectivity index (χ1n) is 6.77. The molecule has 0 saturated carbocycles. The van der Waals surface area contributed by atoms with Crippen LogP contribution in [0.15, 0.2) is 22.7 Å². The molecule has 1 aliphatic heterocycles. The van der Waals surface area contributed by atoms with Gasteiger partial charge in [-0.1, -0.05) is 15.9 Å². The highest BCUT2D eigenvalue weighted by Crippen LogP contribution is 2.31. The van der Waals surface area contributed by atoms with Crippen LogP contribution in [0.5, 0.6) is 5.75 Å². The van der Waals surface area contributed by atoms with Gasteiger partial charge in [-0.25, -0.2) is 0 Å². The van der Waals surface area contributed by atoms with Gasteiger partial charge < -0.3 is 15.2 Å². The largest absolute Gasteiger partial charge is 0.497 e. The topological polar surface area (TPSA) is 44.5 Å². The third kappa shape index (κ3) is 3.50. The molecule has 2 unspecified atom stereocenters. The summed E-state index contributed by atoms with van der Waals surface area (Å²) in [6.07, 6.45) is 4.17. The molecular formula is C15H22BrNO2. The molecule has 0 radical (unpaired) electrons. The van der Waals surface area contributed by atoms with Crippen LogP contribution in [-0.2, 0) is 11.2 Å². The highest BCUT2D eigenvalue weighted by Gasteiger charge is 2.34. The van der Waals surface area contributed by atoms with Crippen molar-refractivity contribution >= 4 is 15.9 Å². The maximum atomic E-state index is 6.39. The van der Waals surface area contributed by atoms with Crippen LogP contribution in [0.25, 0.3) is 0 Å². The average Bonchev–Trinajstić information content (AvgIpc) is 2.42. The fourth-order valence-electron chi connectivity index (χ4n) is 2.54. The fraction of sp³-hybridized carbons (Fsp3) is 0.600. The molecule has 2 atom stereocenters. The van der Waals surface area contributed by atoms with Crippen LogP contribution < -0.4 is 10.5 Å². The Morgan fingerprint density at radius 3 is 2.89 bits per heavy atom. The third-order valence-corrected chi connectivity index (χ3v) is 4.75. The second kappa shape index (κ2) is 6.25. The molecule has 1 aliphatic rings. The molecule has 2 rings (SSSR count). The molecule has 1 aromatic carbocycles. The first kappa shape index (κ1) is 14.8. The van der Waals surface area contributed by atoms with Crippen LogP contribution in [-0.4, -0.2) is 25.4 Å². The second-order valence-corrected chi connectivity index (χ2v) is 6.24. The molecule has 4 heteroatoms. The highest BCUT2D eigenvalue weighted by molar-refractivity contribution is 9.10. The summed E-state index contributed by atoms with van der Waals surface area (Å²) in [4.78, 5) is 0. The monoisotopic (exact) mass is 327 g/mol. The van der Waals surface area contributed by atoms with Crippen LogP contribution in [0.2, 0.25) is 0 Å². The Bertz CT molecular complexity index is 430. The minimum atomic E-state index is -0.208. The van der Waals surface area contributed by atoms with Crippen LogP contribution in [0, 0.1) is 0 Å². The minimum Gasteiger partial charge on any atom is -0.497 e. The molecule has 0 spiro atoms. The van der Waals surface area contributed by atoms with Crippen molar-refractivity contribution in [3.8, 4) is 5.75 Å². The zero-order valence-electron chi connectivity index (χ0n) is 11.6. The zero-order chi connectivity index (χ0) is 13.9. The molecule has 0 bridgehead atoms. The van der Waals surface area contributed by atoms with Crippen molar-refractivity contribution in [1.29, 1.82) is 0 Å². The summed E-state index contributed by atoms with van der Waals surface area (Å²) in [7, 11) is 1.68. The first-order valence-corrected chi connectivity index (χ1v) is 7.56. The van der Waals surface area contributed by atoms with Gasteiger partial charge in [0.2, 0.25) is 0 Å². The lowest BCUT2D eigenvalue weighted by atomic mass is 9.85. The summed E-state index contributed by atoms with van der Waals surface area (Å²) in [6, 6.07) is 5.98. The van der Waals surface area contributed by atoms with Crippen molar-refractivity contribution in [2.45, 2.75) is 44.2 Å². The zero-order valence-corrected chi connectivity index (χ0v) is 13.2. The molecule has 1 fully saturated rings. The smallest absolute Gasteiger partial charge is 0.119 e. The molecule has 0 aliphatic carbocycles. The van der Waals surface area contributed by atoms with Gasteiger partial charge in [-0.05, 0) is 56.4 Å². The van der Waals surface area contributed by atoms with Gasteiger partial charge in [-0.15, -0.1) is 0 Å². The van der Waals surface area contributed by atoms with Crippen molar-refractivity contribution in [1.82, 2.24) is 0 Å². The van der Waals surface area contributed by atoms with Gasteiger partial charge in [0.25, 0.3) is 0 Å². The Balaban J connectivity index is 2.11. The predicted molar refractivity (Wildman–Crippen MR) is 80.6 cm³/mol. The Kier molecular flexibility index (Phi) is 4.87. The van der Waals surface area contributed by atoms with Gasteiger partial charge in [0.15, 0.2) is 0 Å². The SMILES string of the molecule is COc1ccc(Br)c(CC(N)C2(C)CCCCO2)c1. The Morgan fingerprint density at radius 1 is 1.47 bits per heavy atom. The summed E-state index contributed by atoms with van der Waals surface area (Å²) in [5.74, 6) is 0.861. The van der Waals surface area contributed by atoms with E-state index in [9.17, 15) is 0 Å². The van der Waals surface area contributed by atoms with Crippen LogP contribution in [0.3, 0.4) is 0 Å². The standard InChI is InChI=1S/C15H22BrNO2/c1-15(7-3-4-8-19-15)14(17)10-11-9-12(18-2)5-6-13(11)16/h5-6,9,14H,3-4,7-8,10,17H2,1-2H3. The van der Waals surface area contributed by atoms with Crippen molar-refractivity contribution in [2.24, 2.45) is 5.73 Å². The maximum Gasteiger partial charge on any atom is 0.119 e. The quantitative estimate of drug-likeness (QED) is 0.922. The summed E-state index contributed by atoms with van der Waals surface area (Å²) >= 11 is 3.58. The lowest BCUT2D eigenvalue weighted by Crippen LogP contribution is -2.50. The molecule has 1 heterocycles. The number of hydrogen-bond donors (Lipinski definition) is 1.